The van der Waals surface area contributed by atoms with Crippen LogP contribution in [-0.2, 0) is 17.4 Å². The van der Waals surface area contributed by atoms with Crippen molar-refractivity contribution in [2.45, 2.75) is 32.5 Å². The Bertz CT molecular complexity index is 983. The van der Waals surface area contributed by atoms with Crippen LogP contribution in [0.3, 0.4) is 0 Å². The number of benzene rings is 2. The highest BCUT2D eigenvalue weighted by molar-refractivity contribution is 6.32. The minimum atomic E-state index is -4.57. The predicted octanol–water partition coefficient (Wildman–Crippen LogP) is 4.56. The van der Waals surface area contributed by atoms with Gasteiger partial charge in [0.15, 0.2) is 0 Å². The van der Waals surface area contributed by atoms with Crippen LogP contribution in [0.15, 0.2) is 36.4 Å². The molecule has 8 heteroatoms. The number of carbonyl (C=O) groups is 1. The number of amides is 1. The Morgan fingerprint density at radius 3 is 2.74 bits per heavy atom. The summed E-state index contributed by atoms with van der Waals surface area (Å²) in [7, 11) is 0. The Morgan fingerprint density at radius 1 is 1.41 bits per heavy atom. The van der Waals surface area contributed by atoms with E-state index in [1.807, 2.05) is 0 Å². The maximum Gasteiger partial charge on any atom is 0.417 e. The van der Waals surface area contributed by atoms with Gasteiger partial charge in [0.25, 0.3) is 0 Å². The molecule has 0 spiro atoms. The van der Waals surface area contributed by atoms with Crippen LogP contribution in [0.2, 0.25) is 5.02 Å². The second-order valence-electron chi connectivity index (χ2n) is 6.25. The zero-order valence-electron chi connectivity index (χ0n) is 14.6. The van der Waals surface area contributed by atoms with Crippen molar-refractivity contribution in [2.75, 3.05) is 0 Å². The summed E-state index contributed by atoms with van der Waals surface area (Å²) in [4.78, 5) is 15.7. The van der Waals surface area contributed by atoms with Gasteiger partial charge < -0.3 is 5.32 Å². The molecule has 1 aromatic heterocycles. The Morgan fingerprint density at radius 2 is 2.15 bits per heavy atom. The number of imidazole rings is 1. The van der Waals surface area contributed by atoms with Crippen molar-refractivity contribution >= 4 is 28.5 Å². The van der Waals surface area contributed by atoms with Gasteiger partial charge in [-0.1, -0.05) is 23.7 Å². The Balaban J connectivity index is 2.19. The SMILES string of the molecule is CC(=O)NC(C)Cc1nc2cc(C(F)(F)F)c(Cl)cc2n1-c1c[c]ccc1. The maximum atomic E-state index is 13.2. The first-order valence-corrected chi connectivity index (χ1v) is 8.56. The van der Waals surface area contributed by atoms with E-state index < -0.39 is 16.8 Å². The molecule has 2 aromatic carbocycles. The molecule has 1 heterocycles. The van der Waals surface area contributed by atoms with Gasteiger partial charge in [0.05, 0.1) is 21.6 Å². The summed E-state index contributed by atoms with van der Waals surface area (Å²) in [6.07, 6.45) is -4.23. The van der Waals surface area contributed by atoms with Crippen molar-refractivity contribution in [3.63, 3.8) is 0 Å². The molecule has 1 unspecified atom stereocenters. The number of hydrogen-bond acceptors (Lipinski definition) is 2. The topological polar surface area (TPSA) is 46.9 Å². The summed E-state index contributed by atoms with van der Waals surface area (Å²) in [5.74, 6) is 0.321. The molecule has 0 aliphatic heterocycles. The van der Waals surface area contributed by atoms with Gasteiger partial charge in [-0.15, -0.1) is 0 Å². The predicted molar refractivity (Wildman–Crippen MR) is 96.9 cm³/mol. The third-order valence-corrected chi connectivity index (χ3v) is 4.32. The fraction of sp³-hybridized carbons (Fsp3) is 0.263. The fourth-order valence-corrected chi connectivity index (χ4v) is 3.25. The molecule has 4 nitrogen and oxygen atoms in total. The molecule has 1 amide bonds. The summed E-state index contributed by atoms with van der Waals surface area (Å²) in [5, 5.41) is 2.36. The molecule has 0 aliphatic carbocycles. The molecule has 3 rings (SSSR count). The van der Waals surface area contributed by atoms with Gasteiger partial charge in [0.2, 0.25) is 5.91 Å². The molecule has 3 aromatic rings. The van der Waals surface area contributed by atoms with E-state index in [1.165, 1.54) is 13.0 Å². The third-order valence-electron chi connectivity index (χ3n) is 4.01. The smallest absolute Gasteiger partial charge is 0.353 e. The summed E-state index contributed by atoms with van der Waals surface area (Å²) in [6.45, 7) is 3.21. The first-order valence-electron chi connectivity index (χ1n) is 8.18. The normalized spacial score (nSPS) is 13.0. The molecule has 1 radical (unpaired) electrons. The summed E-state index contributed by atoms with van der Waals surface area (Å²) in [6, 6.07) is 11.9. The lowest BCUT2D eigenvalue weighted by atomic mass is 10.2. The van der Waals surface area contributed by atoms with Crippen molar-refractivity contribution in [1.29, 1.82) is 0 Å². The van der Waals surface area contributed by atoms with Crippen LogP contribution in [0.4, 0.5) is 13.2 Å². The highest BCUT2D eigenvalue weighted by Crippen LogP contribution is 2.37. The Kier molecular flexibility index (Phi) is 5.15. The number of nitrogens with one attached hydrogen (secondary N) is 1. The summed E-state index contributed by atoms with van der Waals surface area (Å²) < 4.78 is 41.3. The monoisotopic (exact) mass is 394 g/mol. The molecule has 1 atom stereocenters. The van der Waals surface area contributed by atoms with Crippen LogP contribution >= 0.6 is 11.6 Å². The van der Waals surface area contributed by atoms with E-state index in [2.05, 4.69) is 16.4 Å². The van der Waals surface area contributed by atoms with Crippen LogP contribution in [0.25, 0.3) is 16.7 Å². The van der Waals surface area contributed by atoms with E-state index in [9.17, 15) is 18.0 Å². The van der Waals surface area contributed by atoms with Gasteiger partial charge in [-0.05, 0) is 37.3 Å². The summed E-state index contributed by atoms with van der Waals surface area (Å²) in [5.41, 5.74) is 0.404. The van der Waals surface area contributed by atoms with Gasteiger partial charge in [-0.2, -0.15) is 13.2 Å². The Hall–Kier alpha value is -2.54. The quantitative estimate of drug-likeness (QED) is 0.705. The molecule has 141 valence electrons. The van der Waals surface area contributed by atoms with E-state index in [0.717, 1.165) is 6.07 Å². The molecule has 0 saturated carbocycles. The van der Waals surface area contributed by atoms with Gasteiger partial charge in [-0.25, -0.2) is 4.98 Å². The van der Waals surface area contributed by atoms with Crippen molar-refractivity contribution in [3.8, 4) is 5.69 Å². The standard InChI is InChI=1S/C19H16ClF3N3O/c1-11(24-12(2)27)8-18-25-16-9-14(19(21,22)23)15(20)10-17(16)26(18)13-6-4-3-5-7-13/h3-4,6-7,9-11H,8H2,1-2H3,(H,24,27). The Labute approximate surface area is 159 Å². The fourth-order valence-electron chi connectivity index (χ4n) is 2.99. The number of rotatable bonds is 4. The molecule has 1 N–H and O–H groups in total. The van der Waals surface area contributed by atoms with Crippen LogP contribution in [0, 0.1) is 6.07 Å². The van der Waals surface area contributed by atoms with E-state index in [-0.39, 0.29) is 17.5 Å². The lowest BCUT2D eigenvalue weighted by Gasteiger charge is -2.14. The van der Waals surface area contributed by atoms with Crippen LogP contribution in [-0.4, -0.2) is 21.5 Å². The number of fused-ring (bicyclic) bond motifs is 1. The van der Waals surface area contributed by atoms with Crippen LogP contribution in [0.5, 0.6) is 0 Å². The van der Waals surface area contributed by atoms with Gasteiger partial charge >= 0.3 is 6.18 Å². The van der Waals surface area contributed by atoms with E-state index in [1.54, 1.807) is 35.8 Å². The first-order chi connectivity index (χ1) is 12.7. The first kappa shape index (κ1) is 19.2. The number of hydrogen-bond donors (Lipinski definition) is 1. The van der Waals surface area contributed by atoms with Crippen LogP contribution in [0.1, 0.15) is 25.2 Å². The highest BCUT2D eigenvalue weighted by atomic mass is 35.5. The zero-order chi connectivity index (χ0) is 19.8. The average Bonchev–Trinajstić information content (AvgIpc) is 2.89. The van der Waals surface area contributed by atoms with Gasteiger partial charge in [0.1, 0.15) is 5.82 Å². The van der Waals surface area contributed by atoms with Gasteiger partial charge in [-0.3, -0.25) is 9.36 Å². The molecular weight excluding hydrogens is 379 g/mol. The molecular formula is C19H16ClF3N3O. The largest absolute Gasteiger partial charge is 0.417 e. The van der Waals surface area contributed by atoms with E-state index in [4.69, 9.17) is 11.6 Å². The molecule has 0 saturated heterocycles. The molecule has 0 fully saturated rings. The van der Waals surface area contributed by atoms with Crippen molar-refractivity contribution in [3.05, 3.63) is 58.9 Å². The zero-order valence-corrected chi connectivity index (χ0v) is 15.3. The van der Waals surface area contributed by atoms with E-state index in [0.29, 0.717) is 23.4 Å². The molecule has 27 heavy (non-hydrogen) atoms. The maximum absolute atomic E-state index is 13.2. The number of carbonyl (C=O) groups excluding carboxylic acids is 1. The highest BCUT2D eigenvalue weighted by Gasteiger charge is 2.34. The summed E-state index contributed by atoms with van der Waals surface area (Å²) >= 11 is 5.91. The van der Waals surface area contributed by atoms with Crippen molar-refractivity contribution < 1.29 is 18.0 Å². The van der Waals surface area contributed by atoms with Gasteiger partial charge in [0, 0.05) is 25.1 Å². The second-order valence-corrected chi connectivity index (χ2v) is 6.66. The number of nitrogens with zero attached hydrogens (tertiary/aromatic N) is 2. The number of aromatic nitrogens is 2. The minimum absolute atomic E-state index is 0.181. The molecule has 0 aliphatic rings. The molecule has 0 bridgehead atoms. The average molecular weight is 395 g/mol. The second kappa shape index (κ2) is 7.23. The lowest BCUT2D eigenvalue weighted by molar-refractivity contribution is -0.137. The van der Waals surface area contributed by atoms with E-state index >= 15 is 0 Å². The third kappa shape index (κ3) is 4.08. The number of alkyl halides is 3. The number of halogens is 4. The van der Waals surface area contributed by atoms with Crippen molar-refractivity contribution in [2.24, 2.45) is 0 Å². The van der Waals surface area contributed by atoms with Crippen molar-refractivity contribution in [1.82, 2.24) is 14.9 Å². The lowest BCUT2D eigenvalue weighted by Crippen LogP contribution is -2.32. The minimum Gasteiger partial charge on any atom is -0.353 e. The van der Waals surface area contributed by atoms with Crippen LogP contribution < -0.4 is 5.32 Å².